The third-order valence-corrected chi connectivity index (χ3v) is 6.42. The molecule has 0 bridgehead atoms. The lowest BCUT2D eigenvalue weighted by atomic mass is 10.2. The van der Waals surface area contributed by atoms with Crippen molar-refractivity contribution in [3.63, 3.8) is 0 Å². The highest BCUT2D eigenvalue weighted by Gasteiger charge is 2.29. The molecule has 3 N–H and O–H groups in total. The Balaban J connectivity index is 1.81. The smallest absolute Gasteiger partial charge is 0.243 e. The van der Waals surface area contributed by atoms with Crippen molar-refractivity contribution in [2.75, 3.05) is 44.3 Å². The van der Waals surface area contributed by atoms with Gasteiger partial charge >= 0.3 is 0 Å². The molecule has 1 saturated heterocycles. The maximum absolute atomic E-state index is 13.0. The molecule has 3 rings (SSSR count). The van der Waals surface area contributed by atoms with E-state index in [-0.39, 0.29) is 17.6 Å². The summed E-state index contributed by atoms with van der Waals surface area (Å²) in [6, 6.07) is 8.48. The van der Waals surface area contributed by atoms with Gasteiger partial charge in [0.15, 0.2) is 0 Å². The lowest BCUT2D eigenvalue weighted by molar-refractivity contribution is 0.222. The Bertz CT molecular complexity index is 864. The molecule has 140 valence electrons. The number of likely N-dealkylation sites (N-methyl/N-ethyl adjacent to an activating group) is 1. The van der Waals surface area contributed by atoms with Crippen LogP contribution in [-0.2, 0) is 16.6 Å². The third kappa shape index (κ3) is 4.24. The van der Waals surface area contributed by atoms with E-state index >= 15 is 0 Å². The highest BCUT2D eigenvalue weighted by Crippen LogP contribution is 2.22. The number of hydrogen-bond acceptors (Lipinski definition) is 7. The van der Waals surface area contributed by atoms with Gasteiger partial charge < -0.3 is 16.0 Å². The number of anilines is 2. The van der Waals surface area contributed by atoms with E-state index in [9.17, 15) is 8.42 Å². The normalized spacial score (nSPS) is 16.5. The van der Waals surface area contributed by atoms with E-state index in [1.54, 1.807) is 24.3 Å². The maximum Gasteiger partial charge on any atom is 0.243 e. The SMILES string of the molecule is CN1CCN(S(=O)(=O)c2ccccc2CNc2cc(Cl)nc(N)n2)CC1. The van der Waals surface area contributed by atoms with Gasteiger partial charge in [-0.1, -0.05) is 29.8 Å². The molecule has 0 spiro atoms. The Kier molecular flexibility index (Phi) is 5.61. The molecule has 1 aliphatic rings. The van der Waals surface area contributed by atoms with Crippen molar-refractivity contribution in [3.8, 4) is 0 Å². The van der Waals surface area contributed by atoms with Gasteiger partial charge in [-0.05, 0) is 18.7 Å². The molecule has 0 amide bonds. The maximum atomic E-state index is 13.0. The summed E-state index contributed by atoms with van der Waals surface area (Å²) in [5.74, 6) is 0.493. The van der Waals surface area contributed by atoms with Crippen LogP contribution in [0.3, 0.4) is 0 Å². The summed E-state index contributed by atoms with van der Waals surface area (Å²) in [6.45, 7) is 2.68. The predicted molar refractivity (Wildman–Crippen MR) is 101 cm³/mol. The van der Waals surface area contributed by atoms with Crippen LogP contribution >= 0.6 is 11.6 Å². The fraction of sp³-hybridized carbons (Fsp3) is 0.375. The van der Waals surface area contributed by atoms with Gasteiger partial charge in [-0.2, -0.15) is 9.29 Å². The largest absolute Gasteiger partial charge is 0.368 e. The number of nitrogen functional groups attached to an aromatic ring is 1. The molecule has 0 atom stereocenters. The van der Waals surface area contributed by atoms with E-state index in [1.165, 1.54) is 10.4 Å². The molecule has 1 aliphatic heterocycles. The van der Waals surface area contributed by atoms with E-state index in [2.05, 4.69) is 20.2 Å². The minimum atomic E-state index is -3.55. The van der Waals surface area contributed by atoms with Gasteiger partial charge in [0.05, 0.1) is 4.90 Å². The molecular weight excluding hydrogens is 376 g/mol. The van der Waals surface area contributed by atoms with Crippen LogP contribution in [0.5, 0.6) is 0 Å². The highest BCUT2D eigenvalue weighted by molar-refractivity contribution is 7.89. The van der Waals surface area contributed by atoms with Gasteiger partial charge in [-0.25, -0.2) is 13.4 Å². The average molecular weight is 397 g/mol. The van der Waals surface area contributed by atoms with Crippen LogP contribution in [0, 0.1) is 0 Å². The Morgan fingerprint density at radius 3 is 2.58 bits per heavy atom. The van der Waals surface area contributed by atoms with Crippen molar-refractivity contribution < 1.29 is 8.42 Å². The third-order valence-electron chi connectivity index (χ3n) is 4.22. The number of nitrogens with two attached hydrogens (primary N) is 1. The minimum absolute atomic E-state index is 0.0540. The fourth-order valence-electron chi connectivity index (χ4n) is 2.78. The Morgan fingerprint density at radius 1 is 1.19 bits per heavy atom. The second-order valence-electron chi connectivity index (χ2n) is 6.10. The minimum Gasteiger partial charge on any atom is -0.368 e. The number of rotatable bonds is 5. The van der Waals surface area contributed by atoms with Crippen molar-refractivity contribution in [2.45, 2.75) is 11.4 Å². The Labute approximate surface area is 158 Å². The molecule has 10 heteroatoms. The van der Waals surface area contributed by atoms with E-state index in [4.69, 9.17) is 17.3 Å². The first-order chi connectivity index (χ1) is 12.4. The van der Waals surface area contributed by atoms with Gasteiger partial charge in [0.25, 0.3) is 0 Å². The van der Waals surface area contributed by atoms with Crippen LogP contribution in [0.15, 0.2) is 35.2 Å². The molecule has 0 aliphatic carbocycles. The standard InChI is InChI=1S/C16H21ClN6O2S/c1-22-6-8-23(9-7-22)26(24,25)13-5-3-2-4-12(13)11-19-15-10-14(17)20-16(18)21-15/h2-5,10H,6-9,11H2,1H3,(H3,18,19,20,21). The van der Waals surface area contributed by atoms with Crippen LogP contribution in [0.4, 0.5) is 11.8 Å². The summed E-state index contributed by atoms with van der Waals surface area (Å²) in [5.41, 5.74) is 6.24. The average Bonchev–Trinajstić information content (AvgIpc) is 2.60. The molecule has 1 aromatic heterocycles. The molecule has 0 saturated carbocycles. The molecule has 0 unspecified atom stereocenters. The van der Waals surface area contributed by atoms with E-state index in [1.807, 2.05) is 7.05 Å². The van der Waals surface area contributed by atoms with Crippen LogP contribution in [0.25, 0.3) is 0 Å². The summed E-state index contributed by atoms with van der Waals surface area (Å²) in [7, 11) is -1.57. The van der Waals surface area contributed by atoms with Crippen molar-refractivity contribution in [1.29, 1.82) is 0 Å². The van der Waals surface area contributed by atoms with Gasteiger partial charge in [-0.3, -0.25) is 0 Å². The second kappa shape index (κ2) is 7.75. The van der Waals surface area contributed by atoms with Gasteiger partial charge in [0.1, 0.15) is 11.0 Å². The lowest BCUT2D eigenvalue weighted by Crippen LogP contribution is -2.47. The zero-order valence-electron chi connectivity index (χ0n) is 14.4. The quantitative estimate of drug-likeness (QED) is 0.733. The van der Waals surface area contributed by atoms with E-state index < -0.39 is 10.0 Å². The van der Waals surface area contributed by atoms with Crippen LogP contribution < -0.4 is 11.1 Å². The van der Waals surface area contributed by atoms with Crippen molar-refractivity contribution in [3.05, 3.63) is 41.0 Å². The number of piperazine rings is 1. The highest BCUT2D eigenvalue weighted by atomic mass is 35.5. The zero-order chi connectivity index (χ0) is 18.7. The Morgan fingerprint density at radius 2 is 1.88 bits per heavy atom. The number of benzene rings is 1. The summed E-state index contributed by atoms with van der Waals surface area (Å²) in [5, 5.41) is 3.28. The molecule has 1 aromatic carbocycles. The summed E-state index contributed by atoms with van der Waals surface area (Å²) < 4.78 is 27.6. The van der Waals surface area contributed by atoms with Crippen LogP contribution in [0.1, 0.15) is 5.56 Å². The number of halogens is 1. The molecule has 2 heterocycles. The van der Waals surface area contributed by atoms with Crippen LogP contribution in [-0.4, -0.2) is 60.8 Å². The molecule has 1 fully saturated rings. The van der Waals surface area contributed by atoms with Gasteiger partial charge in [-0.15, -0.1) is 0 Å². The van der Waals surface area contributed by atoms with Crippen LogP contribution in [0.2, 0.25) is 5.15 Å². The van der Waals surface area contributed by atoms with Crippen molar-refractivity contribution in [2.24, 2.45) is 0 Å². The predicted octanol–water partition coefficient (Wildman–Crippen LogP) is 1.26. The van der Waals surface area contributed by atoms with Gasteiger partial charge in [0.2, 0.25) is 16.0 Å². The Hall–Kier alpha value is -1.94. The first-order valence-electron chi connectivity index (χ1n) is 8.17. The topological polar surface area (TPSA) is 104 Å². The van der Waals surface area contributed by atoms with Gasteiger partial charge in [0, 0.05) is 38.8 Å². The molecular formula is C16H21ClN6O2S. The first kappa shape index (κ1) is 18.8. The number of hydrogen-bond donors (Lipinski definition) is 2. The lowest BCUT2D eigenvalue weighted by Gasteiger charge is -2.32. The monoisotopic (exact) mass is 396 g/mol. The summed E-state index contributed by atoms with van der Waals surface area (Å²) >= 11 is 5.87. The summed E-state index contributed by atoms with van der Waals surface area (Å²) in [6.07, 6.45) is 0. The first-order valence-corrected chi connectivity index (χ1v) is 9.98. The number of sulfonamides is 1. The van der Waals surface area contributed by atoms with Crippen molar-refractivity contribution >= 4 is 33.4 Å². The zero-order valence-corrected chi connectivity index (χ0v) is 16.0. The summed E-state index contributed by atoms with van der Waals surface area (Å²) in [4.78, 5) is 10.3. The second-order valence-corrected chi connectivity index (χ2v) is 8.40. The van der Waals surface area contributed by atoms with E-state index in [0.29, 0.717) is 29.4 Å². The van der Waals surface area contributed by atoms with E-state index in [0.717, 1.165) is 13.1 Å². The molecule has 26 heavy (non-hydrogen) atoms. The fourth-order valence-corrected chi connectivity index (χ4v) is 4.61. The number of aromatic nitrogens is 2. The number of nitrogens with zero attached hydrogens (tertiary/aromatic N) is 4. The molecule has 2 aromatic rings. The molecule has 8 nitrogen and oxygen atoms in total. The number of nitrogens with one attached hydrogen (secondary N) is 1. The van der Waals surface area contributed by atoms with Crippen molar-refractivity contribution in [1.82, 2.24) is 19.2 Å². The molecule has 0 radical (unpaired) electrons.